The molecular weight excluding hydrogens is 307 g/mol. The van der Waals surface area contributed by atoms with Gasteiger partial charge in [0.1, 0.15) is 5.82 Å². The van der Waals surface area contributed by atoms with Crippen LogP contribution in [0.4, 0.5) is 10.1 Å². The number of hydrogen-bond donors (Lipinski definition) is 2. The summed E-state index contributed by atoms with van der Waals surface area (Å²) in [5.41, 5.74) is 1.26. The average Bonchev–Trinajstić information content (AvgIpc) is 2.76. The third kappa shape index (κ3) is 2.51. The van der Waals surface area contributed by atoms with Crippen molar-refractivity contribution in [2.24, 2.45) is 5.14 Å². The number of anilines is 1. The van der Waals surface area contributed by atoms with Crippen molar-refractivity contribution in [2.45, 2.75) is 4.90 Å². The molecule has 2 aromatic rings. The third-order valence-corrected chi connectivity index (χ3v) is 4.22. The van der Waals surface area contributed by atoms with Gasteiger partial charge in [0.05, 0.1) is 4.90 Å². The van der Waals surface area contributed by atoms with Crippen molar-refractivity contribution in [3.05, 3.63) is 59.4 Å². The summed E-state index contributed by atoms with van der Waals surface area (Å²) in [6.45, 7) is 0. The lowest BCUT2D eigenvalue weighted by atomic mass is 10.0. The number of carbonyl (C=O) groups is 1. The number of carbonyl (C=O) groups excluding carboxylic acids is 1. The monoisotopic (exact) mass is 318 g/mol. The third-order valence-electron chi connectivity index (χ3n) is 3.31. The predicted octanol–water partition coefficient (Wildman–Crippen LogP) is 1.97. The van der Waals surface area contributed by atoms with Crippen LogP contribution in [-0.4, -0.2) is 14.3 Å². The number of nitrogens with one attached hydrogen (secondary N) is 1. The summed E-state index contributed by atoms with van der Waals surface area (Å²) < 4.78 is 36.6. The molecule has 0 bridgehead atoms. The first-order valence-corrected chi connectivity index (χ1v) is 7.86. The fraction of sp³-hybridized carbons (Fsp3) is 0. The van der Waals surface area contributed by atoms with E-state index in [4.69, 9.17) is 5.14 Å². The summed E-state index contributed by atoms with van der Waals surface area (Å²) in [6, 6.07) is 10.0. The largest absolute Gasteiger partial charge is 0.321 e. The van der Waals surface area contributed by atoms with Gasteiger partial charge in [-0.15, -0.1) is 0 Å². The first-order chi connectivity index (χ1) is 10.4. The molecule has 0 aliphatic carbocycles. The standard InChI is InChI=1S/C15H11FN2O3S/c16-13-4-2-1-3-9(13)7-12-11-8-10(22(17,20)21)5-6-14(11)18-15(12)19/h1-8H,(H,18,19)(H2,17,20,21)/b12-7+. The molecule has 1 amide bonds. The van der Waals surface area contributed by atoms with Crippen molar-refractivity contribution in [2.75, 3.05) is 5.32 Å². The van der Waals surface area contributed by atoms with Crippen molar-refractivity contribution in [3.63, 3.8) is 0 Å². The first kappa shape index (κ1) is 14.4. The number of rotatable bonds is 2. The minimum atomic E-state index is -3.89. The van der Waals surface area contributed by atoms with Crippen molar-refractivity contribution < 1.29 is 17.6 Å². The van der Waals surface area contributed by atoms with Gasteiger partial charge < -0.3 is 5.32 Å². The number of benzene rings is 2. The highest BCUT2D eigenvalue weighted by Crippen LogP contribution is 2.34. The molecule has 0 spiro atoms. The zero-order chi connectivity index (χ0) is 15.9. The Morgan fingerprint density at radius 2 is 1.86 bits per heavy atom. The summed E-state index contributed by atoms with van der Waals surface area (Å²) in [5, 5.41) is 7.70. The molecule has 1 aliphatic heterocycles. The van der Waals surface area contributed by atoms with Gasteiger partial charge in [0, 0.05) is 22.4 Å². The van der Waals surface area contributed by atoms with Crippen LogP contribution in [-0.2, 0) is 14.8 Å². The molecule has 0 radical (unpaired) electrons. The lowest BCUT2D eigenvalue weighted by molar-refractivity contribution is -0.110. The molecule has 1 aliphatic rings. The van der Waals surface area contributed by atoms with Gasteiger partial charge in [0.25, 0.3) is 5.91 Å². The van der Waals surface area contributed by atoms with Crippen LogP contribution in [0.5, 0.6) is 0 Å². The smallest absolute Gasteiger partial charge is 0.256 e. The minimum Gasteiger partial charge on any atom is -0.321 e. The highest BCUT2D eigenvalue weighted by atomic mass is 32.2. The van der Waals surface area contributed by atoms with E-state index >= 15 is 0 Å². The maximum absolute atomic E-state index is 13.7. The Balaban J connectivity index is 2.17. The minimum absolute atomic E-state index is 0.109. The molecule has 2 aromatic carbocycles. The lowest BCUT2D eigenvalue weighted by Gasteiger charge is -2.03. The van der Waals surface area contributed by atoms with E-state index in [2.05, 4.69) is 5.32 Å². The number of fused-ring (bicyclic) bond motifs is 1. The van der Waals surface area contributed by atoms with E-state index < -0.39 is 21.7 Å². The molecule has 1 heterocycles. The van der Waals surface area contributed by atoms with Gasteiger partial charge >= 0.3 is 0 Å². The SMILES string of the molecule is NS(=O)(=O)c1ccc2c(c1)/C(=C\c1ccccc1F)C(=O)N2. The van der Waals surface area contributed by atoms with Crippen LogP contribution >= 0.6 is 0 Å². The van der Waals surface area contributed by atoms with Gasteiger partial charge in [0.2, 0.25) is 10.0 Å². The van der Waals surface area contributed by atoms with Crippen LogP contribution in [0.3, 0.4) is 0 Å². The summed E-state index contributed by atoms with van der Waals surface area (Å²) in [5.74, 6) is -0.899. The number of hydrogen-bond acceptors (Lipinski definition) is 3. The molecule has 0 atom stereocenters. The van der Waals surface area contributed by atoms with Gasteiger partial charge in [-0.1, -0.05) is 18.2 Å². The van der Waals surface area contributed by atoms with E-state index in [9.17, 15) is 17.6 Å². The van der Waals surface area contributed by atoms with E-state index in [1.807, 2.05) is 0 Å². The number of nitrogens with two attached hydrogens (primary N) is 1. The predicted molar refractivity (Wildman–Crippen MR) is 80.7 cm³/mol. The average molecular weight is 318 g/mol. The number of primary sulfonamides is 1. The van der Waals surface area contributed by atoms with Crippen molar-refractivity contribution in [1.29, 1.82) is 0 Å². The number of amides is 1. The molecule has 0 aromatic heterocycles. The van der Waals surface area contributed by atoms with Crippen LogP contribution in [0.15, 0.2) is 47.4 Å². The Bertz CT molecular complexity index is 920. The Kier molecular flexibility index (Phi) is 3.31. The summed E-state index contributed by atoms with van der Waals surface area (Å²) in [7, 11) is -3.89. The van der Waals surface area contributed by atoms with Crippen LogP contribution in [0.2, 0.25) is 0 Å². The molecule has 0 saturated carbocycles. The van der Waals surface area contributed by atoms with Crippen LogP contribution < -0.4 is 10.5 Å². The second-order valence-electron chi connectivity index (χ2n) is 4.79. The van der Waals surface area contributed by atoms with Gasteiger partial charge in [-0.3, -0.25) is 4.79 Å². The zero-order valence-corrected chi connectivity index (χ0v) is 12.0. The Morgan fingerprint density at radius 1 is 1.14 bits per heavy atom. The van der Waals surface area contributed by atoms with Gasteiger partial charge in [-0.2, -0.15) is 0 Å². The van der Waals surface area contributed by atoms with Gasteiger partial charge in [0.15, 0.2) is 0 Å². The lowest BCUT2D eigenvalue weighted by Crippen LogP contribution is -2.12. The van der Waals surface area contributed by atoms with Crippen molar-refractivity contribution in [3.8, 4) is 0 Å². The topological polar surface area (TPSA) is 89.3 Å². The zero-order valence-electron chi connectivity index (χ0n) is 11.2. The molecule has 3 N–H and O–H groups in total. The molecule has 0 fully saturated rings. The Labute approximate surface area is 126 Å². The van der Waals surface area contributed by atoms with Crippen LogP contribution in [0.25, 0.3) is 11.6 Å². The quantitative estimate of drug-likeness (QED) is 0.830. The highest BCUT2D eigenvalue weighted by molar-refractivity contribution is 7.89. The molecule has 112 valence electrons. The number of halogens is 1. The van der Waals surface area contributed by atoms with E-state index in [1.165, 1.54) is 36.4 Å². The van der Waals surface area contributed by atoms with Crippen LogP contribution in [0, 0.1) is 5.82 Å². The number of sulfonamides is 1. The van der Waals surface area contributed by atoms with Gasteiger partial charge in [-0.25, -0.2) is 17.9 Å². The van der Waals surface area contributed by atoms with Crippen LogP contribution in [0.1, 0.15) is 11.1 Å². The normalized spacial score (nSPS) is 15.7. The molecule has 7 heteroatoms. The summed E-state index contributed by atoms with van der Waals surface area (Å²) in [4.78, 5) is 11.9. The molecule has 0 saturated heterocycles. The molecule has 22 heavy (non-hydrogen) atoms. The molecular formula is C15H11FN2O3S. The first-order valence-electron chi connectivity index (χ1n) is 6.31. The Hall–Kier alpha value is -2.51. The van der Waals surface area contributed by atoms with Crippen molar-refractivity contribution >= 4 is 33.3 Å². The van der Waals surface area contributed by atoms with E-state index in [1.54, 1.807) is 12.1 Å². The van der Waals surface area contributed by atoms with Crippen molar-refractivity contribution in [1.82, 2.24) is 0 Å². The second kappa shape index (κ2) is 5.04. The fourth-order valence-corrected chi connectivity index (χ4v) is 2.77. The molecule has 0 unspecified atom stereocenters. The van der Waals surface area contributed by atoms with E-state index in [0.29, 0.717) is 11.3 Å². The molecule has 5 nitrogen and oxygen atoms in total. The maximum Gasteiger partial charge on any atom is 0.256 e. The highest BCUT2D eigenvalue weighted by Gasteiger charge is 2.26. The second-order valence-corrected chi connectivity index (χ2v) is 6.35. The fourth-order valence-electron chi connectivity index (χ4n) is 2.24. The van der Waals surface area contributed by atoms with Gasteiger partial charge in [-0.05, 0) is 30.3 Å². The summed E-state index contributed by atoms with van der Waals surface area (Å²) in [6.07, 6.45) is 1.38. The summed E-state index contributed by atoms with van der Waals surface area (Å²) >= 11 is 0. The Morgan fingerprint density at radius 3 is 2.55 bits per heavy atom. The van der Waals surface area contributed by atoms with E-state index in [0.717, 1.165) is 0 Å². The molecule has 3 rings (SSSR count). The van der Waals surface area contributed by atoms with E-state index in [-0.39, 0.29) is 16.0 Å². The maximum atomic E-state index is 13.7.